The van der Waals surface area contributed by atoms with Crippen molar-refractivity contribution in [1.82, 2.24) is 5.32 Å². The number of fused-ring (bicyclic) bond motifs is 3. The van der Waals surface area contributed by atoms with Crippen LogP contribution in [0.5, 0.6) is 0 Å². The van der Waals surface area contributed by atoms with Crippen molar-refractivity contribution in [2.75, 3.05) is 7.05 Å². The highest BCUT2D eigenvalue weighted by molar-refractivity contribution is 5.75. The third kappa shape index (κ3) is 3.97. The molecule has 7 nitrogen and oxygen atoms in total. The lowest BCUT2D eigenvalue weighted by Gasteiger charge is -2.69. The molecule has 2 bridgehead atoms. The molecule has 10 unspecified atom stereocenters. The Morgan fingerprint density at radius 2 is 1.63 bits per heavy atom. The number of likely N-dealkylation sites (N-methyl/N-ethyl adjacent to an activating group) is 1. The molecule has 0 aliphatic heterocycles. The highest BCUT2D eigenvalue weighted by Crippen LogP contribution is 2.68. The van der Waals surface area contributed by atoms with Gasteiger partial charge in [-0.1, -0.05) is 67.9 Å². The first-order valence-electron chi connectivity index (χ1n) is 14.7. The molecule has 13 atom stereocenters. The SMILES string of the molecule is CC[C@]1(O)C(O)CC(C)[C@@]2(C)C(C)C(C)C3=C(C)C(OC(=O)C(O)C(C)NC)[C@H](C)C(O)(C(C)C12)C3(C)C. The maximum Gasteiger partial charge on any atom is 0.337 e. The number of hydrogen-bond donors (Lipinski definition) is 5. The summed E-state index contributed by atoms with van der Waals surface area (Å²) in [7, 11) is 1.68. The molecule has 38 heavy (non-hydrogen) atoms. The Labute approximate surface area is 230 Å². The van der Waals surface area contributed by atoms with Crippen LogP contribution in [-0.2, 0) is 9.53 Å². The molecule has 3 aliphatic rings. The molecule has 2 fully saturated rings. The van der Waals surface area contributed by atoms with E-state index in [0.29, 0.717) is 12.8 Å². The summed E-state index contributed by atoms with van der Waals surface area (Å²) in [6.07, 6.45) is -2.06. The van der Waals surface area contributed by atoms with Crippen LogP contribution in [0.3, 0.4) is 0 Å². The number of ether oxygens (including phenoxy) is 1. The third-order valence-electron chi connectivity index (χ3n) is 12.5. The standard InChI is InChI=1S/C31H55NO6/c1-13-30(36)22(33)14-15(2)29(11)18(5)16(3)23-17(4)25(38-27(35)24(34)21(8)32-12)19(6)31(37,28(23,9)10)20(7)26(29)30/h15-16,18-22,24-26,32-34,36-37H,13-14H2,1-12H3/t15?,16?,18?,19-,20?,21?,22?,24?,25?,26?,29-,30-,31?/m0/s1. The Balaban J connectivity index is 2.31. The van der Waals surface area contributed by atoms with Gasteiger partial charge in [0.2, 0.25) is 0 Å². The molecule has 2 saturated carbocycles. The van der Waals surface area contributed by atoms with Gasteiger partial charge in [-0.05, 0) is 68.4 Å². The highest BCUT2D eigenvalue weighted by Gasteiger charge is 2.70. The van der Waals surface area contributed by atoms with Crippen LogP contribution < -0.4 is 5.32 Å². The number of carbonyl (C=O) groups is 1. The molecule has 0 radical (unpaired) electrons. The maximum absolute atomic E-state index is 13.1. The van der Waals surface area contributed by atoms with Crippen molar-refractivity contribution < 1.29 is 30.0 Å². The van der Waals surface area contributed by atoms with E-state index in [4.69, 9.17) is 4.74 Å². The van der Waals surface area contributed by atoms with Crippen LogP contribution in [0, 0.1) is 46.3 Å². The fourth-order valence-corrected chi connectivity index (χ4v) is 9.74. The van der Waals surface area contributed by atoms with Gasteiger partial charge in [0.05, 0.1) is 17.3 Å². The molecule has 0 amide bonds. The van der Waals surface area contributed by atoms with Crippen LogP contribution in [0.25, 0.3) is 0 Å². The molecule has 3 rings (SSSR count). The third-order valence-corrected chi connectivity index (χ3v) is 12.5. The summed E-state index contributed by atoms with van der Waals surface area (Å²) in [4.78, 5) is 13.1. The average Bonchev–Trinajstić information content (AvgIpc) is 2.86. The molecule has 0 aromatic carbocycles. The number of hydrogen-bond acceptors (Lipinski definition) is 7. The molecule has 0 saturated heterocycles. The van der Waals surface area contributed by atoms with Crippen molar-refractivity contribution in [2.45, 2.75) is 125 Å². The van der Waals surface area contributed by atoms with Gasteiger partial charge in [0.25, 0.3) is 0 Å². The molecule has 3 aliphatic carbocycles. The summed E-state index contributed by atoms with van der Waals surface area (Å²) < 4.78 is 6.05. The van der Waals surface area contributed by atoms with Gasteiger partial charge in [0, 0.05) is 23.3 Å². The van der Waals surface area contributed by atoms with Crippen LogP contribution in [0.1, 0.15) is 89.0 Å². The van der Waals surface area contributed by atoms with Gasteiger partial charge in [-0.25, -0.2) is 4.79 Å². The van der Waals surface area contributed by atoms with E-state index >= 15 is 0 Å². The fourth-order valence-electron chi connectivity index (χ4n) is 9.74. The molecule has 0 heterocycles. The number of aliphatic hydroxyl groups is 4. The van der Waals surface area contributed by atoms with Crippen molar-refractivity contribution in [2.24, 2.45) is 46.3 Å². The zero-order valence-electron chi connectivity index (χ0n) is 25.8. The first-order chi connectivity index (χ1) is 17.3. The van der Waals surface area contributed by atoms with E-state index in [9.17, 15) is 25.2 Å². The van der Waals surface area contributed by atoms with Crippen LogP contribution in [0.4, 0.5) is 0 Å². The number of nitrogens with one attached hydrogen (secondary N) is 1. The Hall–Kier alpha value is -0.990. The van der Waals surface area contributed by atoms with Gasteiger partial charge in [-0.3, -0.25) is 0 Å². The zero-order chi connectivity index (χ0) is 29.3. The summed E-state index contributed by atoms with van der Waals surface area (Å²) in [6.45, 7) is 22.6. The minimum absolute atomic E-state index is 0.0187. The van der Waals surface area contributed by atoms with Gasteiger partial charge < -0.3 is 30.5 Å². The second kappa shape index (κ2) is 10.1. The van der Waals surface area contributed by atoms with Crippen molar-refractivity contribution in [3.63, 3.8) is 0 Å². The van der Waals surface area contributed by atoms with Crippen molar-refractivity contribution >= 4 is 5.97 Å². The molecule has 5 N–H and O–H groups in total. The summed E-state index contributed by atoms with van der Waals surface area (Å²) in [6, 6.07) is -0.484. The molecular formula is C31H55NO6. The highest BCUT2D eigenvalue weighted by atomic mass is 16.6. The summed E-state index contributed by atoms with van der Waals surface area (Å²) in [5, 5.41) is 50.0. The van der Waals surface area contributed by atoms with Gasteiger partial charge in [-0.2, -0.15) is 0 Å². The number of esters is 1. The molecule has 220 valence electrons. The summed E-state index contributed by atoms with van der Waals surface area (Å²) in [5.74, 6) is -1.80. The number of carbonyl (C=O) groups excluding carboxylic acids is 1. The fraction of sp³-hybridized carbons (Fsp3) is 0.903. The first-order valence-corrected chi connectivity index (χ1v) is 14.7. The zero-order valence-corrected chi connectivity index (χ0v) is 25.8. The average molecular weight is 538 g/mol. The lowest BCUT2D eigenvalue weighted by atomic mass is 9.38. The van der Waals surface area contributed by atoms with Crippen molar-refractivity contribution in [3.8, 4) is 0 Å². The topological polar surface area (TPSA) is 119 Å². The van der Waals surface area contributed by atoms with Crippen LogP contribution >= 0.6 is 0 Å². The van der Waals surface area contributed by atoms with E-state index in [0.717, 1.165) is 11.1 Å². The minimum atomic E-state index is -1.37. The van der Waals surface area contributed by atoms with Gasteiger partial charge >= 0.3 is 5.97 Å². The lowest BCUT2D eigenvalue weighted by Crippen LogP contribution is -2.73. The van der Waals surface area contributed by atoms with Gasteiger partial charge in [0.15, 0.2) is 6.10 Å². The molecule has 0 spiro atoms. The van der Waals surface area contributed by atoms with Crippen molar-refractivity contribution in [3.05, 3.63) is 11.1 Å². The predicted octanol–water partition coefficient (Wildman–Crippen LogP) is 3.68. The smallest absolute Gasteiger partial charge is 0.337 e. The number of aliphatic hydroxyl groups excluding tert-OH is 2. The first kappa shape index (κ1) is 31.5. The normalized spacial score (nSPS) is 48.4. The summed E-state index contributed by atoms with van der Waals surface area (Å²) in [5.41, 5.74) is -1.76. The Kier molecular flexibility index (Phi) is 8.41. The van der Waals surface area contributed by atoms with E-state index in [1.165, 1.54) is 0 Å². The minimum Gasteiger partial charge on any atom is -0.455 e. The maximum atomic E-state index is 13.1. The lowest BCUT2D eigenvalue weighted by molar-refractivity contribution is -0.279. The van der Waals surface area contributed by atoms with E-state index in [2.05, 4.69) is 46.9 Å². The van der Waals surface area contributed by atoms with E-state index < -0.39 is 64.7 Å². The van der Waals surface area contributed by atoms with Crippen LogP contribution in [-0.4, -0.2) is 69.0 Å². The van der Waals surface area contributed by atoms with Gasteiger partial charge in [-0.15, -0.1) is 0 Å². The quantitative estimate of drug-likeness (QED) is 0.268. The molecular weight excluding hydrogens is 482 g/mol. The van der Waals surface area contributed by atoms with E-state index in [1.54, 1.807) is 14.0 Å². The molecule has 0 aromatic heterocycles. The largest absolute Gasteiger partial charge is 0.455 e. The predicted molar refractivity (Wildman–Crippen MR) is 149 cm³/mol. The Morgan fingerprint density at radius 1 is 1.08 bits per heavy atom. The molecule has 0 aromatic rings. The monoisotopic (exact) mass is 537 g/mol. The molecule has 7 heteroatoms. The van der Waals surface area contributed by atoms with Crippen LogP contribution in [0.15, 0.2) is 11.1 Å². The number of rotatable bonds is 5. The van der Waals surface area contributed by atoms with E-state index in [-0.39, 0.29) is 23.2 Å². The summed E-state index contributed by atoms with van der Waals surface area (Å²) >= 11 is 0. The second-order valence-corrected chi connectivity index (χ2v) is 13.9. The van der Waals surface area contributed by atoms with E-state index in [1.807, 2.05) is 27.7 Å². The van der Waals surface area contributed by atoms with Crippen LogP contribution in [0.2, 0.25) is 0 Å². The Morgan fingerprint density at radius 3 is 2.13 bits per heavy atom. The van der Waals surface area contributed by atoms with Gasteiger partial charge in [0.1, 0.15) is 6.10 Å². The second-order valence-electron chi connectivity index (χ2n) is 13.9. The Bertz CT molecular complexity index is 949. The van der Waals surface area contributed by atoms with Crippen molar-refractivity contribution in [1.29, 1.82) is 0 Å².